The molecule has 0 N–H and O–H groups in total. The summed E-state index contributed by atoms with van der Waals surface area (Å²) in [6.45, 7) is 7.34. The fourth-order valence-electron chi connectivity index (χ4n) is 2.87. The van der Waals surface area contributed by atoms with Gasteiger partial charge in [-0.2, -0.15) is 4.68 Å². The van der Waals surface area contributed by atoms with Crippen LogP contribution >= 0.6 is 11.8 Å². The average molecular weight is 382 g/mol. The van der Waals surface area contributed by atoms with Crippen LogP contribution in [-0.2, 0) is 4.79 Å². The van der Waals surface area contributed by atoms with Gasteiger partial charge >= 0.3 is 0 Å². The molecule has 0 bridgehead atoms. The van der Waals surface area contributed by atoms with Gasteiger partial charge in [-0.15, -0.1) is 5.10 Å². The maximum Gasteiger partial charge on any atom is 0.240 e. The van der Waals surface area contributed by atoms with Crippen LogP contribution in [0.2, 0.25) is 0 Å². The van der Waals surface area contributed by atoms with E-state index in [-0.39, 0.29) is 5.91 Å². The van der Waals surface area contributed by atoms with Gasteiger partial charge in [0.1, 0.15) is 5.25 Å². The summed E-state index contributed by atoms with van der Waals surface area (Å²) in [7, 11) is 0. The zero-order valence-electron chi connectivity index (χ0n) is 15.7. The number of tetrazole rings is 1. The van der Waals surface area contributed by atoms with Gasteiger partial charge in [0, 0.05) is 13.1 Å². The number of benzene rings is 2. The first-order chi connectivity index (χ1) is 13.1. The molecule has 6 nitrogen and oxygen atoms in total. The van der Waals surface area contributed by atoms with E-state index in [0.717, 1.165) is 16.8 Å². The highest BCUT2D eigenvalue weighted by molar-refractivity contribution is 8.00. The Balaban J connectivity index is 1.96. The van der Waals surface area contributed by atoms with E-state index >= 15 is 0 Å². The van der Waals surface area contributed by atoms with Crippen molar-refractivity contribution in [1.29, 1.82) is 0 Å². The molecule has 27 heavy (non-hydrogen) atoms. The van der Waals surface area contributed by atoms with Gasteiger partial charge in [-0.1, -0.05) is 54.2 Å². The van der Waals surface area contributed by atoms with E-state index in [9.17, 15) is 4.79 Å². The summed E-state index contributed by atoms with van der Waals surface area (Å²) in [6, 6.07) is 17.8. The topological polar surface area (TPSA) is 63.9 Å². The van der Waals surface area contributed by atoms with E-state index in [2.05, 4.69) is 15.5 Å². The van der Waals surface area contributed by atoms with Gasteiger partial charge in [0.2, 0.25) is 11.1 Å². The van der Waals surface area contributed by atoms with Gasteiger partial charge in [0.25, 0.3) is 0 Å². The van der Waals surface area contributed by atoms with Crippen LogP contribution in [0.4, 0.5) is 0 Å². The summed E-state index contributed by atoms with van der Waals surface area (Å²) in [5, 5.41) is 12.3. The third-order valence-electron chi connectivity index (χ3n) is 4.31. The van der Waals surface area contributed by atoms with Crippen LogP contribution in [0, 0.1) is 6.92 Å². The number of aromatic nitrogens is 4. The minimum atomic E-state index is -0.402. The Morgan fingerprint density at radius 2 is 1.85 bits per heavy atom. The normalized spacial score (nSPS) is 12.0. The van der Waals surface area contributed by atoms with E-state index < -0.39 is 5.25 Å². The summed E-state index contributed by atoms with van der Waals surface area (Å²) < 4.78 is 1.68. The molecule has 0 fully saturated rings. The molecule has 0 saturated carbocycles. The van der Waals surface area contributed by atoms with Gasteiger partial charge < -0.3 is 4.90 Å². The number of hydrogen-bond acceptors (Lipinski definition) is 5. The van der Waals surface area contributed by atoms with E-state index in [1.54, 1.807) is 4.68 Å². The van der Waals surface area contributed by atoms with Crippen molar-refractivity contribution >= 4 is 17.7 Å². The van der Waals surface area contributed by atoms with Gasteiger partial charge in [-0.3, -0.25) is 4.79 Å². The molecule has 0 aliphatic heterocycles. The predicted molar refractivity (Wildman–Crippen MR) is 107 cm³/mol. The minimum absolute atomic E-state index is 0.0648. The predicted octanol–water partition coefficient (Wildman–Crippen LogP) is 3.67. The van der Waals surface area contributed by atoms with Crippen LogP contribution in [0.3, 0.4) is 0 Å². The lowest BCUT2D eigenvalue weighted by Crippen LogP contribution is -2.34. The number of aryl methyl sites for hydroxylation is 1. The summed E-state index contributed by atoms with van der Waals surface area (Å²) in [4.78, 5) is 15.0. The van der Waals surface area contributed by atoms with Crippen LogP contribution in [0.15, 0.2) is 59.8 Å². The van der Waals surface area contributed by atoms with E-state index in [1.807, 2.05) is 80.3 Å². The van der Waals surface area contributed by atoms with Crippen molar-refractivity contribution in [3.8, 4) is 5.69 Å². The van der Waals surface area contributed by atoms with Crippen molar-refractivity contribution in [3.63, 3.8) is 0 Å². The van der Waals surface area contributed by atoms with Gasteiger partial charge in [-0.25, -0.2) is 0 Å². The zero-order valence-corrected chi connectivity index (χ0v) is 16.6. The van der Waals surface area contributed by atoms with Crippen molar-refractivity contribution in [2.75, 3.05) is 13.1 Å². The molecule has 1 unspecified atom stereocenters. The van der Waals surface area contributed by atoms with Crippen LogP contribution in [-0.4, -0.2) is 44.1 Å². The van der Waals surface area contributed by atoms with E-state index in [4.69, 9.17) is 0 Å². The molecule has 3 aromatic rings. The highest BCUT2D eigenvalue weighted by atomic mass is 32.2. The third-order valence-corrected chi connectivity index (χ3v) is 5.49. The molecule has 2 aromatic carbocycles. The number of carbonyl (C=O) groups excluding carboxylic acids is 1. The molecule has 0 aliphatic carbocycles. The number of hydrogen-bond donors (Lipinski definition) is 0. The van der Waals surface area contributed by atoms with Crippen molar-refractivity contribution < 1.29 is 4.79 Å². The highest BCUT2D eigenvalue weighted by Crippen LogP contribution is 2.36. The fraction of sp³-hybridized carbons (Fsp3) is 0.300. The summed E-state index contributed by atoms with van der Waals surface area (Å²) in [5.41, 5.74) is 2.94. The highest BCUT2D eigenvalue weighted by Gasteiger charge is 2.28. The second-order valence-corrected chi connectivity index (χ2v) is 7.20. The summed E-state index contributed by atoms with van der Waals surface area (Å²) >= 11 is 1.38. The second-order valence-electron chi connectivity index (χ2n) is 6.13. The molecule has 1 aromatic heterocycles. The SMILES string of the molecule is CCN(CC)C(=O)C(Sc1nnnn1-c1cccc(C)c1)c1ccccc1. The Morgan fingerprint density at radius 3 is 2.52 bits per heavy atom. The Hall–Kier alpha value is -2.67. The maximum absolute atomic E-state index is 13.2. The van der Waals surface area contributed by atoms with Crippen molar-refractivity contribution in [2.24, 2.45) is 0 Å². The zero-order chi connectivity index (χ0) is 19.2. The molecule has 0 radical (unpaired) electrons. The summed E-state index contributed by atoms with van der Waals surface area (Å²) in [5.74, 6) is 0.0648. The molecule has 0 spiro atoms. The van der Waals surface area contributed by atoms with Crippen LogP contribution in [0.25, 0.3) is 5.69 Å². The molecule has 0 aliphatic rings. The van der Waals surface area contributed by atoms with Gasteiger partial charge in [0.05, 0.1) is 5.69 Å². The number of nitrogens with zero attached hydrogens (tertiary/aromatic N) is 5. The fourth-order valence-corrected chi connectivity index (χ4v) is 3.95. The van der Waals surface area contributed by atoms with Crippen LogP contribution in [0.1, 0.15) is 30.2 Å². The lowest BCUT2D eigenvalue weighted by Gasteiger charge is -2.24. The summed E-state index contributed by atoms with van der Waals surface area (Å²) in [6.07, 6.45) is 0. The smallest absolute Gasteiger partial charge is 0.240 e. The van der Waals surface area contributed by atoms with E-state index in [0.29, 0.717) is 18.2 Å². The van der Waals surface area contributed by atoms with Crippen molar-refractivity contribution in [2.45, 2.75) is 31.2 Å². The molecule has 140 valence electrons. The molecular weight excluding hydrogens is 358 g/mol. The van der Waals surface area contributed by atoms with Crippen molar-refractivity contribution in [1.82, 2.24) is 25.1 Å². The molecule has 0 saturated heterocycles. The average Bonchev–Trinajstić information content (AvgIpc) is 3.16. The molecular formula is C20H23N5OS. The number of rotatable bonds is 7. The molecule has 1 amide bonds. The van der Waals surface area contributed by atoms with Gasteiger partial charge in [0.15, 0.2) is 0 Å². The third kappa shape index (κ3) is 4.36. The number of thioether (sulfide) groups is 1. The lowest BCUT2D eigenvalue weighted by atomic mass is 10.1. The molecule has 3 rings (SSSR count). The standard InChI is InChI=1S/C20H23N5OS/c1-4-24(5-2)19(26)18(16-11-7-6-8-12-16)27-20-21-22-23-25(20)17-13-9-10-15(3)14-17/h6-14,18H,4-5H2,1-3H3. The first-order valence-corrected chi connectivity index (χ1v) is 9.87. The Labute approximate surface area is 163 Å². The first-order valence-electron chi connectivity index (χ1n) is 8.99. The molecule has 1 atom stereocenters. The quantitative estimate of drug-likeness (QED) is 0.584. The van der Waals surface area contributed by atoms with Crippen LogP contribution < -0.4 is 0 Å². The monoisotopic (exact) mass is 381 g/mol. The van der Waals surface area contributed by atoms with Crippen LogP contribution in [0.5, 0.6) is 0 Å². The van der Waals surface area contributed by atoms with E-state index in [1.165, 1.54) is 11.8 Å². The molecule has 1 heterocycles. The molecule has 7 heteroatoms. The lowest BCUT2D eigenvalue weighted by molar-refractivity contribution is -0.130. The van der Waals surface area contributed by atoms with Gasteiger partial charge in [-0.05, 0) is 54.5 Å². The Morgan fingerprint density at radius 1 is 1.11 bits per heavy atom. The second kappa shape index (κ2) is 8.81. The number of likely N-dealkylation sites (N-methyl/N-ethyl adjacent to an activating group) is 1. The largest absolute Gasteiger partial charge is 0.342 e. The maximum atomic E-state index is 13.2. The first kappa shape index (κ1) is 19.1. The Kier molecular flexibility index (Phi) is 6.24. The number of carbonyl (C=O) groups is 1. The number of amides is 1. The minimum Gasteiger partial charge on any atom is -0.342 e. The van der Waals surface area contributed by atoms with Crippen molar-refractivity contribution in [3.05, 3.63) is 65.7 Å². The Bertz CT molecular complexity index is 892.